The van der Waals surface area contributed by atoms with E-state index in [1.54, 1.807) is 0 Å². The molecule has 0 aliphatic rings. The maximum absolute atomic E-state index is 11.5. The molecule has 0 fully saturated rings. The normalized spacial score (nSPS) is 11.1. The molecule has 200 valence electrons. The molecule has 0 amide bonds. The number of benzene rings is 3. The summed E-state index contributed by atoms with van der Waals surface area (Å²) in [7, 11) is 0. The number of nitrogens with zero attached hydrogens (tertiary/aromatic N) is 2. The van der Waals surface area contributed by atoms with Gasteiger partial charge in [-0.1, -0.05) is 101 Å². The van der Waals surface area contributed by atoms with Gasteiger partial charge in [0.25, 0.3) is 0 Å². The summed E-state index contributed by atoms with van der Waals surface area (Å²) in [5.74, 6) is -0.640. The number of rotatable bonds is 12. The van der Waals surface area contributed by atoms with Crippen LogP contribution in [-0.2, 0) is 29.3 Å². The average molecular weight is 543 g/mol. The van der Waals surface area contributed by atoms with E-state index in [9.17, 15) is 10.2 Å². The molecule has 37 heavy (non-hydrogen) atoms. The van der Waals surface area contributed by atoms with Crippen LogP contribution in [0.15, 0.2) is 82.8 Å². The number of hydrogen-bond acceptors (Lipinski definition) is 4. The molecule has 0 atom stereocenters. The van der Waals surface area contributed by atoms with Gasteiger partial charge in [0.1, 0.15) is 0 Å². The third-order valence-corrected chi connectivity index (χ3v) is 5.71. The van der Waals surface area contributed by atoms with Crippen LogP contribution >= 0.6 is 0 Å². The maximum Gasteiger partial charge on any atom is 2.00 e. The second-order valence-electron chi connectivity index (χ2n) is 8.93. The van der Waals surface area contributed by atoms with E-state index in [0.29, 0.717) is 5.56 Å². The molecule has 0 spiro atoms. The van der Waals surface area contributed by atoms with Gasteiger partial charge in [0.05, 0.1) is 17.1 Å². The number of para-hydroxylation sites is 2. The monoisotopic (exact) mass is 542 g/mol. The Morgan fingerprint density at radius 3 is 1.95 bits per heavy atom. The molecule has 0 aliphatic carbocycles. The number of aryl methyl sites for hydroxylation is 2. The Kier molecular flexibility index (Phi) is 16.7. The van der Waals surface area contributed by atoms with E-state index in [1.165, 1.54) is 18.9 Å². The van der Waals surface area contributed by atoms with Gasteiger partial charge in [0, 0.05) is 6.21 Å². The van der Waals surface area contributed by atoms with Crippen LogP contribution in [0.2, 0.25) is 0 Å². The quantitative estimate of drug-likeness (QED) is 0.133. The molecule has 0 radical (unpaired) electrons. The van der Waals surface area contributed by atoms with Crippen molar-refractivity contribution in [1.29, 1.82) is 0 Å². The number of hydrogen-bond donors (Lipinski definition) is 0. The van der Waals surface area contributed by atoms with Crippen molar-refractivity contribution in [1.82, 2.24) is 0 Å². The van der Waals surface area contributed by atoms with Gasteiger partial charge in [0.2, 0.25) is 0 Å². The second kappa shape index (κ2) is 19.2. The standard InChI is InChI=1S/C18H20N2.C14H22O2.Ni/c1-2-3-10-18(20-17-13-8-5-9-14-17)15-19-16-11-6-4-7-12-16;1-3-5-6-8-11-9-12(7-4-2)14(16)13(15)10-11;/h4-9,11-15H,2-3,10H2,1H3;9-10,15-16H,3-8H2,1-2H3;/q;;+2/p-2. The number of unbranched alkanes of at least 4 members (excludes halogenated alkanes) is 3. The van der Waals surface area contributed by atoms with E-state index in [1.807, 2.05) is 79.9 Å². The van der Waals surface area contributed by atoms with Crippen molar-refractivity contribution in [2.75, 3.05) is 0 Å². The minimum Gasteiger partial charge on any atom is -0.873 e. The zero-order valence-corrected chi connectivity index (χ0v) is 23.4. The van der Waals surface area contributed by atoms with Crippen molar-refractivity contribution in [3.63, 3.8) is 0 Å². The minimum absolute atomic E-state index is 0. The SMILES string of the molecule is CCCCC(C=Nc1ccccc1)=Nc1ccccc1.CCCCCc1cc([O-])c([O-])c(CCC)c1.[Ni+2]. The fourth-order valence-electron chi connectivity index (χ4n) is 3.74. The second-order valence-corrected chi connectivity index (χ2v) is 8.93. The van der Waals surface area contributed by atoms with Crippen molar-refractivity contribution in [2.45, 2.75) is 78.6 Å². The van der Waals surface area contributed by atoms with Crippen molar-refractivity contribution >= 4 is 23.3 Å². The molecule has 0 N–H and O–H groups in total. The van der Waals surface area contributed by atoms with Crippen LogP contribution in [0.3, 0.4) is 0 Å². The molecular formula is C32H40N2NiO2. The third-order valence-electron chi connectivity index (χ3n) is 5.71. The zero-order chi connectivity index (χ0) is 26.0. The molecule has 0 unspecified atom stereocenters. The molecule has 0 saturated heterocycles. The Balaban J connectivity index is 0.000000369. The summed E-state index contributed by atoms with van der Waals surface area (Å²) in [6, 6.07) is 23.4. The molecule has 0 aromatic heterocycles. The summed E-state index contributed by atoms with van der Waals surface area (Å²) >= 11 is 0. The Bertz CT molecular complexity index is 1070. The molecule has 3 aromatic rings. The Labute approximate surface area is 233 Å². The molecule has 0 heterocycles. The van der Waals surface area contributed by atoms with Gasteiger partial charge in [-0.15, -0.1) is 11.5 Å². The van der Waals surface area contributed by atoms with E-state index in [4.69, 9.17) is 0 Å². The molecule has 0 aliphatic heterocycles. The number of aliphatic imine (C=N–C) groups is 2. The van der Waals surface area contributed by atoms with Gasteiger partial charge in [-0.05, 0) is 61.9 Å². The molecule has 5 heteroatoms. The van der Waals surface area contributed by atoms with Crippen LogP contribution in [0.25, 0.3) is 0 Å². The van der Waals surface area contributed by atoms with Crippen molar-refractivity contribution in [2.24, 2.45) is 9.98 Å². The Morgan fingerprint density at radius 2 is 1.35 bits per heavy atom. The van der Waals surface area contributed by atoms with Gasteiger partial charge in [-0.25, -0.2) is 0 Å². The van der Waals surface area contributed by atoms with Crippen molar-refractivity contribution < 1.29 is 26.7 Å². The van der Waals surface area contributed by atoms with Crippen molar-refractivity contribution in [3.8, 4) is 11.5 Å². The summed E-state index contributed by atoms with van der Waals surface area (Å²) in [4.78, 5) is 9.18. The summed E-state index contributed by atoms with van der Waals surface area (Å²) in [5, 5.41) is 23.0. The van der Waals surface area contributed by atoms with E-state index < -0.39 is 0 Å². The van der Waals surface area contributed by atoms with Crippen LogP contribution in [0.1, 0.15) is 76.8 Å². The molecule has 4 nitrogen and oxygen atoms in total. The predicted molar refractivity (Wildman–Crippen MR) is 150 cm³/mol. The zero-order valence-electron chi connectivity index (χ0n) is 22.4. The van der Waals surface area contributed by atoms with Gasteiger partial charge in [-0.2, -0.15) is 0 Å². The minimum atomic E-state index is -0.336. The van der Waals surface area contributed by atoms with Gasteiger partial charge in [-0.3, -0.25) is 9.98 Å². The topological polar surface area (TPSA) is 70.8 Å². The molecule has 0 bridgehead atoms. The van der Waals surface area contributed by atoms with E-state index in [0.717, 1.165) is 67.6 Å². The fourth-order valence-corrected chi connectivity index (χ4v) is 3.74. The summed E-state index contributed by atoms with van der Waals surface area (Å²) < 4.78 is 0. The van der Waals surface area contributed by atoms with Crippen LogP contribution in [0, 0.1) is 0 Å². The first-order chi connectivity index (χ1) is 17.6. The maximum atomic E-state index is 11.5. The van der Waals surface area contributed by atoms with Gasteiger partial charge < -0.3 is 10.2 Å². The Morgan fingerprint density at radius 1 is 0.730 bits per heavy atom. The smallest absolute Gasteiger partial charge is 0.873 e. The molecular weight excluding hydrogens is 503 g/mol. The van der Waals surface area contributed by atoms with Crippen LogP contribution in [0.4, 0.5) is 11.4 Å². The predicted octanol–water partition coefficient (Wildman–Crippen LogP) is 7.87. The molecule has 3 aromatic carbocycles. The van der Waals surface area contributed by atoms with Crippen LogP contribution in [-0.4, -0.2) is 11.9 Å². The largest absolute Gasteiger partial charge is 2.00 e. The summed E-state index contributed by atoms with van der Waals surface area (Å²) in [6.45, 7) is 6.37. The first-order valence-electron chi connectivity index (χ1n) is 13.3. The molecule has 0 saturated carbocycles. The first-order valence-corrected chi connectivity index (χ1v) is 13.3. The average Bonchev–Trinajstić information content (AvgIpc) is 2.90. The Hall–Kier alpha value is -2.91. The first kappa shape index (κ1) is 32.1. The summed E-state index contributed by atoms with van der Waals surface area (Å²) in [6.07, 6.45) is 11.1. The third kappa shape index (κ3) is 12.8. The molecule has 3 rings (SSSR count). The van der Waals surface area contributed by atoms with Crippen molar-refractivity contribution in [3.05, 3.63) is 83.9 Å². The fraction of sp³-hybridized carbons (Fsp3) is 0.375. The summed E-state index contributed by atoms with van der Waals surface area (Å²) in [5.41, 5.74) is 4.70. The van der Waals surface area contributed by atoms with E-state index >= 15 is 0 Å². The van der Waals surface area contributed by atoms with Crippen LogP contribution < -0.4 is 10.2 Å². The van der Waals surface area contributed by atoms with Gasteiger partial charge >= 0.3 is 16.5 Å². The van der Waals surface area contributed by atoms with Crippen LogP contribution in [0.5, 0.6) is 11.5 Å². The van der Waals surface area contributed by atoms with E-state index in [2.05, 4.69) is 23.8 Å². The van der Waals surface area contributed by atoms with E-state index in [-0.39, 0.29) is 28.0 Å². The van der Waals surface area contributed by atoms with Gasteiger partial charge in [0.15, 0.2) is 0 Å².